The first-order valence-corrected chi connectivity index (χ1v) is 10.5. The monoisotopic (exact) mass is 408 g/mol. The summed E-state index contributed by atoms with van der Waals surface area (Å²) in [6.45, 7) is 3.83. The van der Waals surface area contributed by atoms with E-state index in [0.717, 1.165) is 47.9 Å². The normalized spacial score (nSPS) is 19.7. The minimum Gasteiger partial charge on any atom is -0.464 e. The number of rotatable bonds is 6. The molecular weight excluding hydrogens is 380 g/mol. The molecule has 2 aromatic heterocycles. The molecule has 2 N–H and O–H groups in total. The van der Waals surface area contributed by atoms with E-state index in [9.17, 15) is 9.90 Å². The number of aliphatic hydroxyl groups is 1. The highest BCUT2D eigenvalue weighted by atomic mass is 16.5. The number of fused-ring (bicyclic) bond motifs is 1. The Morgan fingerprint density at radius 1 is 1.17 bits per heavy atom. The van der Waals surface area contributed by atoms with Crippen molar-refractivity contribution in [3.05, 3.63) is 54.4 Å². The lowest BCUT2D eigenvalue weighted by atomic mass is 9.92. The van der Waals surface area contributed by atoms with Crippen molar-refractivity contribution in [1.82, 2.24) is 10.3 Å². The van der Waals surface area contributed by atoms with Crippen molar-refractivity contribution >= 4 is 16.9 Å². The topological polar surface area (TPSA) is 84.6 Å². The van der Waals surface area contributed by atoms with E-state index in [2.05, 4.69) is 10.3 Å². The van der Waals surface area contributed by atoms with Gasteiger partial charge in [0.05, 0.1) is 30.3 Å². The molecule has 6 heteroatoms. The van der Waals surface area contributed by atoms with Crippen LogP contribution in [-0.2, 0) is 4.74 Å². The zero-order chi connectivity index (χ0) is 21.1. The molecule has 4 rings (SSSR count). The van der Waals surface area contributed by atoms with E-state index in [1.807, 2.05) is 36.4 Å². The van der Waals surface area contributed by atoms with Crippen LogP contribution >= 0.6 is 0 Å². The molecule has 0 bridgehead atoms. The zero-order valence-corrected chi connectivity index (χ0v) is 17.4. The van der Waals surface area contributed by atoms with Gasteiger partial charge in [0, 0.05) is 28.8 Å². The number of amides is 1. The quantitative estimate of drug-likeness (QED) is 0.634. The second-order valence-corrected chi connectivity index (χ2v) is 8.64. The number of nitrogens with zero attached hydrogens (tertiary/aromatic N) is 1. The van der Waals surface area contributed by atoms with E-state index in [4.69, 9.17) is 9.15 Å². The number of carbonyl (C=O) groups excluding carboxylic acids is 1. The zero-order valence-electron chi connectivity index (χ0n) is 17.4. The first-order chi connectivity index (χ1) is 14.4. The molecule has 0 spiro atoms. The van der Waals surface area contributed by atoms with Gasteiger partial charge in [0.2, 0.25) is 0 Å². The second kappa shape index (κ2) is 8.58. The minimum atomic E-state index is -0.810. The van der Waals surface area contributed by atoms with Crippen molar-refractivity contribution in [2.75, 3.05) is 6.61 Å². The van der Waals surface area contributed by atoms with Crippen LogP contribution in [0.1, 0.15) is 49.9 Å². The third-order valence-electron chi connectivity index (χ3n) is 5.48. The Morgan fingerprint density at radius 3 is 2.60 bits per heavy atom. The summed E-state index contributed by atoms with van der Waals surface area (Å²) in [6, 6.07) is 11.4. The van der Waals surface area contributed by atoms with Crippen LogP contribution in [0.4, 0.5) is 0 Å². The van der Waals surface area contributed by atoms with Gasteiger partial charge in [0.25, 0.3) is 5.91 Å². The first-order valence-electron chi connectivity index (χ1n) is 10.5. The van der Waals surface area contributed by atoms with Gasteiger partial charge in [-0.2, -0.15) is 0 Å². The van der Waals surface area contributed by atoms with Crippen molar-refractivity contribution in [3.8, 4) is 11.3 Å². The van der Waals surface area contributed by atoms with E-state index in [1.54, 1.807) is 26.3 Å². The molecule has 158 valence electrons. The molecule has 1 aliphatic carbocycles. The summed E-state index contributed by atoms with van der Waals surface area (Å²) in [7, 11) is 0. The van der Waals surface area contributed by atoms with Crippen LogP contribution < -0.4 is 5.32 Å². The van der Waals surface area contributed by atoms with Crippen LogP contribution in [0.15, 0.2) is 53.3 Å². The number of furan rings is 1. The lowest BCUT2D eigenvalue weighted by molar-refractivity contribution is -0.0640. The number of carbonyl (C=O) groups is 1. The van der Waals surface area contributed by atoms with Crippen LogP contribution in [0, 0.1) is 0 Å². The largest absolute Gasteiger partial charge is 0.464 e. The maximum Gasteiger partial charge on any atom is 0.251 e. The van der Waals surface area contributed by atoms with Crippen LogP contribution in [0.25, 0.3) is 22.2 Å². The van der Waals surface area contributed by atoms with Gasteiger partial charge in [-0.1, -0.05) is 12.1 Å². The number of hydrogen-bond donors (Lipinski definition) is 2. The van der Waals surface area contributed by atoms with Gasteiger partial charge in [-0.15, -0.1) is 0 Å². The van der Waals surface area contributed by atoms with Crippen molar-refractivity contribution in [3.63, 3.8) is 0 Å². The number of nitrogens with one attached hydrogen (secondary N) is 1. The molecule has 0 radical (unpaired) electrons. The maximum atomic E-state index is 12.7. The predicted molar refractivity (Wildman–Crippen MR) is 115 cm³/mol. The highest BCUT2D eigenvalue weighted by molar-refractivity contribution is 5.96. The van der Waals surface area contributed by atoms with E-state index in [1.165, 1.54) is 0 Å². The fourth-order valence-electron chi connectivity index (χ4n) is 3.87. The fraction of sp³-hybridized carbons (Fsp3) is 0.417. The third kappa shape index (κ3) is 4.89. The van der Waals surface area contributed by atoms with Crippen molar-refractivity contribution in [1.29, 1.82) is 0 Å². The SMILES string of the molecule is CC(C)(O)COC1CCC(NC(=O)c2ccc(-c3nccc4occc34)cc2)CC1. The van der Waals surface area contributed by atoms with Gasteiger partial charge in [-0.3, -0.25) is 9.78 Å². The molecule has 0 aliphatic heterocycles. The molecule has 1 aliphatic rings. The Morgan fingerprint density at radius 2 is 1.90 bits per heavy atom. The molecule has 1 aromatic carbocycles. The highest BCUT2D eigenvalue weighted by Crippen LogP contribution is 2.27. The van der Waals surface area contributed by atoms with Gasteiger partial charge >= 0.3 is 0 Å². The molecule has 6 nitrogen and oxygen atoms in total. The van der Waals surface area contributed by atoms with Crippen LogP contribution in [0.3, 0.4) is 0 Å². The molecule has 0 unspecified atom stereocenters. The number of pyridine rings is 1. The molecule has 1 fully saturated rings. The smallest absolute Gasteiger partial charge is 0.251 e. The maximum absolute atomic E-state index is 12.7. The standard InChI is InChI=1S/C24H28N2O4/c1-24(2,28)15-30-19-9-7-18(8-10-19)26-23(27)17-5-3-16(4-6-17)22-20-12-14-29-21(20)11-13-25-22/h3-6,11-14,18-19,28H,7-10,15H2,1-2H3,(H,26,27). The van der Waals surface area contributed by atoms with Gasteiger partial charge < -0.3 is 19.6 Å². The number of hydrogen-bond acceptors (Lipinski definition) is 5. The Balaban J connectivity index is 1.33. The number of benzene rings is 1. The van der Waals surface area contributed by atoms with Crippen molar-refractivity contribution in [2.24, 2.45) is 0 Å². The Hall–Kier alpha value is -2.70. The predicted octanol–water partition coefficient (Wildman–Crippen LogP) is 4.32. The summed E-state index contributed by atoms with van der Waals surface area (Å²) in [4.78, 5) is 17.1. The number of aromatic nitrogens is 1. The Labute approximate surface area is 176 Å². The average molecular weight is 408 g/mol. The molecule has 3 aromatic rings. The summed E-state index contributed by atoms with van der Waals surface area (Å²) >= 11 is 0. The fourth-order valence-corrected chi connectivity index (χ4v) is 3.87. The summed E-state index contributed by atoms with van der Waals surface area (Å²) in [5.41, 5.74) is 2.42. The van der Waals surface area contributed by atoms with E-state index < -0.39 is 5.60 Å². The molecule has 2 heterocycles. The summed E-state index contributed by atoms with van der Waals surface area (Å²) in [6.07, 6.45) is 7.08. The lowest BCUT2D eigenvalue weighted by Crippen LogP contribution is -2.40. The van der Waals surface area contributed by atoms with E-state index in [0.29, 0.717) is 12.2 Å². The van der Waals surface area contributed by atoms with Crippen molar-refractivity contribution in [2.45, 2.75) is 57.3 Å². The van der Waals surface area contributed by atoms with Gasteiger partial charge in [-0.25, -0.2) is 0 Å². The molecule has 30 heavy (non-hydrogen) atoms. The lowest BCUT2D eigenvalue weighted by Gasteiger charge is -2.30. The second-order valence-electron chi connectivity index (χ2n) is 8.64. The van der Waals surface area contributed by atoms with E-state index in [-0.39, 0.29) is 18.1 Å². The van der Waals surface area contributed by atoms with Gasteiger partial charge in [0.15, 0.2) is 0 Å². The van der Waals surface area contributed by atoms with Crippen LogP contribution in [0.5, 0.6) is 0 Å². The molecular formula is C24H28N2O4. The molecule has 1 amide bonds. The summed E-state index contributed by atoms with van der Waals surface area (Å²) < 4.78 is 11.2. The summed E-state index contributed by atoms with van der Waals surface area (Å²) in [5.74, 6) is -0.0584. The molecule has 0 saturated heterocycles. The third-order valence-corrected chi connectivity index (χ3v) is 5.48. The average Bonchev–Trinajstić information content (AvgIpc) is 3.22. The van der Waals surface area contributed by atoms with Gasteiger partial charge in [0.1, 0.15) is 5.58 Å². The van der Waals surface area contributed by atoms with Gasteiger partial charge in [-0.05, 0) is 63.8 Å². The Bertz CT molecular complexity index is 996. The van der Waals surface area contributed by atoms with Crippen LogP contribution in [0.2, 0.25) is 0 Å². The molecule has 1 saturated carbocycles. The highest BCUT2D eigenvalue weighted by Gasteiger charge is 2.25. The van der Waals surface area contributed by atoms with E-state index >= 15 is 0 Å². The Kier molecular flexibility index (Phi) is 5.88. The summed E-state index contributed by atoms with van der Waals surface area (Å²) in [5, 5.41) is 13.9. The molecule has 0 atom stereocenters. The van der Waals surface area contributed by atoms with Crippen LogP contribution in [-0.4, -0.2) is 40.4 Å². The number of ether oxygens (including phenoxy) is 1. The minimum absolute atomic E-state index is 0.0584. The van der Waals surface area contributed by atoms with Crippen molar-refractivity contribution < 1.29 is 19.1 Å². The first kappa shape index (κ1) is 20.6.